The van der Waals surface area contributed by atoms with E-state index in [1.165, 1.54) is 0 Å². The zero-order valence-electron chi connectivity index (χ0n) is 17.0. The van der Waals surface area contributed by atoms with Gasteiger partial charge in [-0.3, -0.25) is 0 Å². The van der Waals surface area contributed by atoms with Crippen LogP contribution in [0.15, 0.2) is 60.7 Å². The normalized spacial score (nSPS) is 16.3. The Balaban J connectivity index is 0.00000338. The summed E-state index contributed by atoms with van der Waals surface area (Å²) in [6.07, 6.45) is -0.391. The van der Waals surface area contributed by atoms with E-state index in [4.69, 9.17) is 13.0 Å². The summed E-state index contributed by atoms with van der Waals surface area (Å²) in [7, 11) is 0. The summed E-state index contributed by atoms with van der Waals surface area (Å²) < 4.78 is 50.3. The highest BCUT2D eigenvalue weighted by atomic mass is 35.5. The van der Waals surface area contributed by atoms with Crippen molar-refractivity contribution >= 4 is 12.4 Å². The smallest absolute Gasteiger partial charge is 0.108 e. The van der Waals surface area contributed by atoms with E-state index >= 15 is 0 Å². The Kier molecular flexibility index (Phi) is 4.18. The third-order valence-electron chi connectivity index (χ3n) is 2.80. The van der Waals surface area contributed by atoms with Crippen LogP contribution in [0.25, 0.3) is 0 Å². The van der Waals surface area contributed by atoms with Gasteiger partial charge in [0.1, 0.15) is 6.10 Å². The van der Waals surface area contributed by atoms with Gasteiger partial charge in [-0.1, -0.05) is 60.7 Å². The summed E-state index contributed by atoms with van der Waals surface area (Å²) in [4.78, 5) is 0.507. The van der Waals surface area contributed by atoms with E-state index in [-0.39, 0.29) is 25.6 Å². The number of likely N-dealkylation sites (N-methyl/N-ethyl adjacent to an activating group) is 1. The standard InChI is InChI=1S/C17H21NO.ClH/c1-18(2)13-14-19-17(15-9-5-3-6-10-15)16-11-7-4-8-12-16;/h3-12,17H,13-14H2,1-2H3;1H/i1D3,2D3;. The second kappa shape index (κ2) is 8.75. The molecular weight excluding hydrogens is 270 g/mol. The van der Waals surface area contributed by atoms with Crippen LogP contribution in [-0.4, -0.2) is 32.0 Å². The van der Waals surface area contributed by atoms with Crippen molar-refractivity contribution in [2.45, 2.75) is 6.10 Å². The van der Waals surface area contributed by atoms with Crippen molar-refractivity contribution in [3.8, 4) is 0 Å². The molecule has 0 unspecified atom stereocenters. The molecular formula is C17H22ClNO. The zero-order chi connectivity index (χ0) is 18.5. The Morgan fingerprint density at radius 1 is 0.950 bits per heavy atom. The lowest BCUT2D eigenvalue weighted by Gasteiger charge is -2.20. The highest BCUT2D eigenvalue weighted by molar-refractivity contribution is 5.85. The van der Waals surface area contributed by atoms with Crippen LogP contribution in [0.2, 0.25) is 0 Å². The predicted molar refractivity (Wildman–Crippen MR) is 86.5 cm³/mol. The van der Waals surface area contributed by atoms with Gasteiger partial charge in [0, 0.05) is 14.8 Å². The van der Waals surface area contributed by atoms with E-state index in [0.717, 1.165) is 11.1 Å². The number of hydrogen-bond acceptors (Lipinski definition) is 2. The fourth-order valence-corrected chi connectivity index (χ4v) is 1.90. The van der Waals surface area contributed by atoms with Gasteiger partial charge in [-0.2, -0.15) is 0 Å². The van der Waals surface area contributed by atoms with Crippen molar-refractivity contribution in [2.24, 2.45) is 0 Å². The zero-order valence-corrected chi connectivity index (χ0v) is 11.8. The quantitative estimate of drug-likeness (QED) is 0.804. The van der Waals surface area contributed by atoms with E-state index in [1.807, 2.05) is 60.7 Å². The second-order valence-corrected chi connectivity index (χ2v) is 4.22. The molecule has 0 N–H and O–H groups in total. The fourth-order valence-electron chi connectivity index (χ4n) is 1.90. The number of halogens is 1. The van der Waals surface area contributed by atoms with Crippen LogP contribution < -0.4 is 0 Å². The summed E-state index contributed by atoms with van der Waals surface area (Å²) in [5, 5.41) is 0. The first-order valence-electron chi connectivity index (χ1n) is 9.19. The highest BCUT2D eigenvalue weighted by Crippen LogP contribution is 2.25. The minimum absolute atomic E-state index is 0. The van der Waals surface area contributed by atoms with E-state index in [1.54, 1.807) is 0 Å². The monoisotopic (exact) mass is 297 g/mol. The highest BCUT2D eigenvalue weighted by Gasteiger charge is 2.13. The van der Waals surface area contributed by atoms with E-state index in [2.05, 4.69) is 0 Å². The Hall–Kier alpha value is -1.35. The SMILES string of the molecule is Cl.[2H]C([2H])([2H])N(CCOC(c1ccccc1)c1ccccc1)C([2H])([2H])[2H]. The van der Waals surface area contributed by atoms with Crippen molar-refractivity contribution in [2.75, 3.05) is 27.1 Å². The Labute approximate surface area is 136 Å². The maximum absolute atomic E-state index is 7.40. The lowest BCUT2D eigenvalue weighted by molar-refractivity contribution is 0.0687. The average Bonchev–Trinajstić information content (AvgIpc) is 2.54. The van der Waals surface area contributed by atoms with Crippen LogP contribution in [0.1, 0.15) is 25.5 Å². The number of hydrogen-bond donors (Lipinski definition) is 0. The molecule has 0 fully saturated rings. The van der Waals surface area contributed by atoms with Crippen molar-refractivity contribution in [1.29, 1.82) is 0 Å². The third-order valence-corrected chi connectivity index (χ3v) is 2.80. The molecule has 2 nitrogen and oxygen atoms in total. The molecule has 0 aliphatic rings. The molecule has 0 saturated heterocycles. The van der Waals surface area contributed by atoms with Gasteiger partial charge < -0.3 is 9.64 Å². The van der Waals surface area contributed by atoms with Gasteiger partial charge >= 0.3 is 0 Å². The molecule has 0 radical (unpaired) electrons. The summed E-state index contributed by atoms with van der Waals surface area (Å²) in [5.41, 5.74) is 1.84. The lowest BCUT2D eigenvalue weighted by atomic mass is 10.0. The van der Waals surface area contributed by atoms with Crippen LogP contribution in [0.5, 0.6) is 0 Å². The van der Waals surface area contributed by atoms with Crippen LogP contribution in [0, 0.1) is 0 Å². The van der Waals surface area contributed by atoms with Gasteiger partial charge in [-0.15, -0.1) is 12.4 Å². The van der Waals surface area contributed by atoms with Crippen molar-refractivity contribution in [3.63, 3.8) is 0 Å². The summed E-state index contributed by atoms with van der Waals surface area (Å²) in [6, 6.07) is 19.1. The van der Waals surface area contributed by atoms with Crippen molar-refractivity contribution < 1.29 is 13.0 Å². The second-order valence-electron chi connectivity index (χ2n) is 4.22. The van der Waals surface area contributed by atoms with Gasteiger partial charge in [-0.25, -0.2) is 0 Å². The lowest BCUT2D eigenvalue weighted by Crippen LogP contribution is -2.20. The molecule has 0 aliphatic carbocycles. The Bertz CT molecular complexity index is 594. The maximum Gasteiger partial charge on any atom is 0.108 e. The van der Waals surface area contributed by atoms with Gasteiger partial charge in [0.25, 0.3) is 0 Å². The molecule has 2 aromatic rings. The molecule has 0 heterocycles. The number of nitrogens with zero attached hydrogens (tertiary/aromatic N) is 1. The molecule has 0 spiro atoms. The van der Waals surface area contributed by atoms with Gasteiger partial charge in [-0.05, 0) is 25.1 Å². The number of benzene rings is 2. The third kappa shape index (κ3) is 4.97. The molecule has 0 bridgehead atoms. The topological polar surface area (TPSA) is 12.5 Å². The van der Waals surface area contributed by atoms with Crippen LogP contribution >= 0.6 is 12.4 Å². The largest absolute Gasteiger partial charge is 0.367 e. The summed E-state index contributed by atoms with van der Waals surface area (Å²) in [6.45, 7) is -5.65. The van der Waals surface area contributed by atoms with Gasteiger partial charge in [0.15, 0.2) is 0 Å². The van der Waals surface area contributed by atoms with Crippen molar-refractivity contribution in [3.05, 3.63) is 71.8 Å². The number of ether oxygens (including phenoxy) is 1. The van der Waals surface area contributed by atoms with Crippen LogP contribution in [-0.2, 0) is 4.74 Å². The summed E-state index contributed by atoms with van der Waals surface area (Å²) >= 11 is 0. The average molecular weight is 298 g/mol. The van der Waals surface area contributed by atoms with Gasteiger partial charge in [0.05, 0.1) is 6.61 Å². The first-order chi connectivity index (χ1) is 11.7. The van der Waals surface area contributed by atoms with Crippen LogP contribution in [0.3, 0.4) is 0 Å². The molecule has 2 aromatic carbocycles. The minimum atomic E-state index is -2.70. The van der Waals surface area contributed by atoms with Crippen LogP contribution in [0.4, 0.5) is 0 Å². The molecule has 20 heavy (non-hydrogen) atoms. The van der Waals surface area contributed by atoms with E-state index in [9.17, 15) is 0 Å². The predicted octanol–water partition coefficient (Wildman–Crippen LogP) is 3.78. The molecule has 0 aromatic heterocycles. The van der Waals surface area contributed by atoms with Gasteiger partial charge in [0.2, 0.25) is 0 Å². The molecule has 0 atom stereocenters. The fraction of sp³-hybridized carbons (Fsp3) is 0.294. The molecule has 2 rings (SSSR count). The molecule has 0 amide bonds. The van der Waals surface area contributed by atoms with E-state index in [0.29, 0.717) is 4.90 Å². The molecule has 108 valence electrons. The molecule has 3 heteroatoms. The van der Waals surface area contributed by atoms with Crippen molar-refractivity contribution in [1.82, 2.24) is 4.90 Å². The summed E-state index contributed by atoms with van der Waals surface area (Å²) in [5.74, 6) is 0. The Morgan fingerprint density at radius 3 is 1.90 bits per heavy atom. The van der Waals surface area contributed by atoms with E-state index < -0.39 is 20.1 Å². The maximum atomic E-state index is 7.40. The Morgan fingerprint density at radius 2 is 1.45 bits per heavy atom. The first-order valence-corrected chi connectivity index (χ1v) is 6.19. The first kappa shape index (κ1) is 9.56. The molecule has 0 saturated carbocycles. The number of rotatable bonds is 6. The minimum Gasteiger partial charge on any atom is -0.367 e. The molecule has 0 aliphatic heterocycles.